The van der Waals surface area contributed by atoms with Crippen LogP contribution in [0.2, 0.25) is 0 Å². The average molecular weight is 127 g/mol. The van der Waals surface area contributed by atoms with Gasteiger partial charge >= 0.3 is 0 Å². The number of nitrogens with one attached hydrogen (secondary N) is 1. The monoisotopic (exact) mass is 127 g/mol. The Bertz CT molecular complexity index is 149. The number of aromatic nitrogens is 2. The van der Waals surface area contributed by atoms with Gasteiger partial charge in [-0.15, -0.1) is 5.10 Å². The molecule has 0 unspecified atom stereocenters. The van der Waals surface area contributed by atoms with Crippen molar-refractivity contribution in [3.05, 3.63) is 6.20 Å². The molecule has 0 bridgehead atoms. The first kappa shape index (κ1) is 6.07. The molecule has 0 fully saturated rings. The molecule has 0 aliphatic heterocycles. The van der Waals surface area contributed by atoms with Crippen LogP contribution in [-0.4, -0.2) is 16.9 Å². The van der Waals surface area contributed by atoms with Crippen LogP contribution in [0.5, 0.6) is 0 Å². The number of anilines is 1. The largest absolute Gasteiger partial charge is 0.353 e. The molecule has 9 heavy (non-hydrogen) atoms. The van der Waals surface area contributed by atoms with E-state index in [2.05, 4.69) is 27.1 Å². The molecule has 0 saturated carbocycles. The maximum absolute atomic E-state index is 4.66. The van der Waals surface area contributed by atoms with Gasteiger partial charge in [0.25, 0.3) is 0 Å². The Morgan fingerprint density at radius 3 is 3.22 bits per heavy atom. The minimum atomic E-state index is 0.636. The summed E-state index contributed by atoms with van der Waals surface area (Å²) in [6, 6.07) is 0. The van der Waals surface area contributed by atoms with Crippen molar-refractivity contribution in [3.8, 4) is 0 Å². The van der Waals surface area contributed by atoms with Crippen LogP contribution in [0, 0.1) is 0 Å². The van der Waals surface area contributed by atoms with E-state index in [1.165, 1.54) is 0 Å². The second kappa shape index (κ2) is 3.06. The Labute approximate surface area is 53.2 Å². The number of hydrogen-bond donors (Lipinski definition) is 1. The molecular formula is C5H9N3O. The lowest BCUT2D eigenvalue weighted by Gasteiger charge is -1.93. The SMILES string of the molecule is CCCNc1cnno1. The molecule has 1 heterocycles. The lowest BCUT2D eigenvalue weighted by molar-refractivity contribution is 0.403. The third-order valence-corrected chi connectivity index (χ3v) is 0.911. The van der Waals surface area contributed by atoms with Crippen LogP contribution < -0.4 is 5.32 Å². The fourth-order valence-corrected chi connectivity index (χ4v) is 0.493. The van der Waals surface area contributed by atoms with Crippen LogP contribution >= 0.6 is 0 Å². The second-order valence-electron chi connectivity index (χ2n) is 1.71. The molecule has 0 radical (unpaired) electrons. The Hall–Kier alpha value is -1.06. The second-order valence-corrected chi connectivity index (χ2v) is 1.71. The summed E-state index contributed by atoms with van der Waals surface area (Å²) >= 11 is 0. The van der Waals surface area contributed by atoms with E-state index in [4.69, 9.17) is 0 Å². The van der Waals surface area contributed by atoms with Gasteiger partial charge in [0.2, 0.25) is 5.88 Å². The molecule has 0 aliphatic rings. The minimum Gasteiger partial charge on any atom is -0.353 e. The minimum absolute atomic E-state index is 0.636. The van der Waals surface area contributed by atoms with Crippen LogP contribution in [0.25, 0.3) is 0 Å². The summed E-state index contributed by atoms with van der Waals surface area (Å²) in [6.45, 7) is 2.98. The van der Waals surface area contributed by atoms with Gasteiger partial charge in [0.05, 0.1) is 0 Å². The average Bonchev–Trinajstić information content (AvgIpc) is 2.34. The summed E-state index contributed by atoms with van der Waals surface area (Å²) in [7, 11) is 0. The highest BCUT2D eigenvalue weighted by molar-refractivity contribution is 5.23. The molecule has 4 heteroatoms. The van der Waals surface area contributed by atoms with Gasteiger partial charge in [-0.3, -0.25) is 0 Å². The normalized spacial score (nSPS) is 9.44. The smallest absolute Gasteiger partial charge is 0.245 e. The highest BCUT2D eigenvalue weighted by Crippen LogP contribution is 1.99. The molecular weight excluding hydrogens is 118 g/mol. The van der Waals surface area contributed by atoms with Gasteiger partial charge in [0.1, 0.15) is 6.20 Å². The Kier molecular flexibility index (Phi) is 2.06. The van der Waals surface area contributed by atoms with Gasteiger partial charge in [-0.2, -0.15) is 0 Å². The Morgan fingerprint density at radius 1 is 1.78 bits per heavy atom. The van der Waals surface area contributed by atoms with Gasteiger partial charge in [-0.25, -0.2) is 0 Å². The Balaban J connectivity index is 2.30. The van der Waals surface area contributed by atoms with E-state index in [-0.39, 0.29) is 0 Å². The van der Waals surface area contributed by atoms with E-state index < -0.39 is 0 Å². The fraction of sp³-hybridized carbons (Fsp3) is 0.600. The predicted octanol–water partition coefficient (Wildman–Crippen LogP) is 0.891. The first-order chi connectivity index (χ1) is 4.43. The molecule has 0 aromatic carbocycles. The summed E-state index contributed by atoms with van der Waals surface area (Å²) in [5, 5.41) is 9.77. The number of nitrogens with zero attached hydrogens (tertiary/aromatic N) is 2. The molecule has 1 aromatic rings. The standard InChI is InChI=1S/C5H9N3O/c1-2-3-6-5-4-7-8-9-5/h4,6H,2-3H2,1H3. The van der Waals surface area contributed by atoms with Crippen molar-refractivity contribution in [3.63, 3.8) is 0 Å². The van der Waals surface area contributed by atoms with Crippen molar-refractivity contribution >= 4 is 5.88 Å². The fourth-order valence-electron chi connectivity index (χ4n) is 0.493. The molecule has 50 valence electrons. The van der Waals surface area contributed by atoms with E-state index >= 15 is 0 Å². The third kappa shape index (κ3) is 1.71. The van der Waals surface area contributed by atoms with Crippen LogP contribution in [0.1, 0.15) is 13.3 Å². The molecule has 1 aromatic heterocycles. The first-order valence-corrected chi connectivity index (χ1v) is 2.94. The lowest BCUT2D eigenvalue weighted by Crippen LogP contribution is -1.97. The molecule has 1 N–H and O–H groups in total. The summed E-state index contributed by atoms with van der Waals surface area (Å²) < 4.78 is 4.66. The topological polar surface area (TPSA) is 51.0 Å². The number of rotatable bonds is 3. The van der Waals surface area contributed by atoms with E-state index in [9.17, 15) is 0 Å². The molecule has 4 nitrogen and oxygen atoms in total. The number of hydrogen-bond acceptors (Lipinski definition) is 4. The highest BCUT2D eigenvalue weighted by atomic mass is 16.5. The lowest BCUT2D eigenvalue weighted by atomic mass is 10.5. The van der Waals surface area contributed by atoms with Crippen molar-refractivity contribution < 1.29 is 4.52 Å². The zero-order chi connectivity index (χ0) is 6.53. The summed E-state index contributed by atoms with van der Waals surface area (Å²) in [4.78, 5) is 0. The zero-order valence-corrected chi connectivity index (χ0v) is 5.29. The van der Waals surface area contributed by atoms with Gasteiger partial charge in [0.15, 0.2) is 0 Å². The summed E-state index contributed by atoms with van der Waals surface area (Å²) in [6.07, 6.45) is 2.62. The van der Waals surface area contributed by atoms with Crippen molar-refractivity contribution in [2.75, 3.05) is 11.9 Å². The van der Waals surface area contributed by atoms with Crippen molar-refractivity contribution in [2.24, 2.45) is 0 Å². The van der Waals surface area contributed by atoms with Gasteiger partial charge in [-0.1, -0.05) is 6.92 Å². The van der Waals surface area contributed by atoms with Crippen LogP contribution in [0.3, 0.4) is 0 Å². The third-order valence-electron chi connectivity index (χ3n) is 0.911. The molecule has 1 rings (SSSR count). The van der Waals surface area contributed by atoms with Crippen molar-refractivity contribution in [2.45, 2.75) is 13.3 Å². The van der Waals surface area contributed by atoms with E-state index in [1.54, 1.807) is 6.20 Å². The molecule has 0 atom stereocenters. The highest BCUT2D eigenvalue weighted by Gasteiger charge is 1.91. The zero-order valence-electron chi connectivity index (χ0n) is 5.29. The van der Waals surface area contributed by atoms with Crippen molar-refractivity contribution in [1.82, 2.24) is 10.4 Å². The van der Waals surface area contributed by atoms with Crippen molar-refractivity contribution in [1.29, 1.82) is 0 Å². The molecule has 0 saturated heterocycles. The van der Waals surface area contributed by atoms with Gasteiger partial charge in [-0.05, 0) is 6.42 Å². The van der Waals surface area contributed by atoms with Gasteiger partial charge in [0, 0.05) is 11.8 Å². The first-order valence-electron chi connectivity index (χ1n) is 2.94. The van der Waals surface area contributed by atoms with E-state index in [0.29, 0.717) is 5.88 Å². The van der Waals surface area contributed by atoms with Crippen LogP contribution in [0.4, 0.5) is 5.88 Å². The van der Waals surface area contributed by atoms with E-state index in [1.807, 2.05) is 0 Å². The quantitative estimate of drug-likeness (QED) is 0.655. The van der Waals surface area contributed by atoms with Gasteiger partial charge < -0.3 is 9.84 Å². The predicted molar refractivity (Wildman–Crippen MR) is 33.1 cm³/mol. The summed E-state index contributed by atoms with van der Waals surface area (Å²) in [5.74, 6) is 0.636. The van der Waals surface area contributed by atoms with Crippen LogP contribution in [-0.2, 0) is 0 Å². The van der Waals surface area contributed by atoms with E-state index in [0.717, 1.165) is 13.0 Å². The summed E-state index contributed by atoms with van der Waals surface area (Å²) in [5.41, 5.74) is 0. The maximum atomic E-state index is 4.66. The molecule has 0 spiro atoms. The molecule has 0 aliphatic carbocycles. The van der Waals surface area contributed by atoms with Crippen LogP contribution in [0.15, 0.2) is 10.7 Å². The maximum Gasteiger partial charge on any atom is 0.245 e. The molecule has 0 amide bonds. The Morgan fingerprint density at radius 2 is 2.67 bits per heavy atom.